The highest BCUT2D eigenvalue weighted by Gasteiger charge is 2.50. The summed E-state index contributed by atoms with van der Waals surface area (Å²) < 4.78 is 42.6. The molecule has 15 rings (SSSR count). The van der Waals surface area contributed by atoms with Gasteiger partial charge in [0.15, 0.2) is 0 Å². The van der Waals surface area contributed by atoms with Crippen molar-refractivity contribution in [2.24, 2.45) is 11.8 Å². The van der Waals surface area contributed by atoms with E-state index >= 15 is 0 Å². The number of halogens is 2. The number of ether oxygens (including phenoxy) is 7. The minimum absolute atomic E-state index is 0.0319. The summed E-state index contributed by atoms with van der Waals surface area (Å²) in [5, 5.41) is 10.5. The fraction of sp³-hybridized carbons (Fsp3) is 0.795. The SMILES string of the molecule is CC(C)(C)OC(=O)N1[C@@H]2CC[C@H]1CC(O)C2.Cc1c(Cl)ncnc1Cl.Cc1c(OC2CC3CCC(C2)N3C(=O)OC(C)(C)C)ncnc1OC1C[C@H]2CC[C@@H](C1)N2C(=O)OC(C)(C)C.Cc1c(OC2CC3CCC(C2)N3CC2CC2)ncnc1OC1C[C@H]2CC[C@@H](C1)N2CC1CC1. The number of nitrogens with zero attached hydrogens (tertiary/aromatic N) is 11. The van der Waals surface area contributed by atoms with E-state index < -0.39 is 16.8 Å². The smallest absolute Gasteiger partial charge is 0.410 e. The van der Waals surface area contributed by atoms with Crippen LogP contribution < -0.4 is 18.9 Å². The molecule has 97 heavy (non-hydrogen) atoms. The van der Waals surface area contributed by atoms with Crippen LogP contribution in [0.5, 0.6) is 23.5 Å². The average molecular weight is 1390 g/mol. The van der Waals surface area contributed by atoms with E-state index in [1.165, 1.54) is 77.1 Å². The number of hydrogen-bond acceptors (Lipinski definition) is 19. The van der Waals surface area contributed by atoms with Crippen LogP contribution in [0.4, 0.5) is 14.4 Å². The van der Waals surface area contributed by atoms with Crippen LogP contribution in [0.25, 0.3) is 0 Å². The van der Waals surface area contributed by atoms with E-state index in [0.717, 1.165) is 130 Å². The Kier molecular flexibility index (Phi) is 21.9. The summed E-state index contributed by atoms with van der Waals surface area (Å²) in [7, 11) is 0. The predicted molar refractivity (Wildman–Crippen MR) is 367 cm³/mol. The standard InChI is InChI=1S/C29H44N4O6.C27H40N4O2.C12H21NO3.C5H4Cl2N2/c1-17-24(36-22-12-18-8-9-19(13-22)32(18)26(34)38-28(2,3)4)30-16-31-25(17)37-23-14-20-10-11-21(15-23)33(20)27(35)39-29(5,6)7;1-17-26(32-24-10-20-6-7-21(11-24)30(20)14-18-2-3-18)28-16-29-27(17)33-25-12-22-8-9-23(13-25)31(22)15-19-4-5-19;1-12(2,3)16-11(15)13-8-4-5-9(13)7-10(14)6-8;1-3-4(6)8-2-9-5(3)7/h16,18-23H,8-15H2,1-7H3;16,18-25H,2-15H2,1H3;8-10,14H,4-7H2,1-3H3;2H,1H3/t18-,19+,20?,21?,22?,23?;20-,21+,22?,23?,24?,25?;8-,9+,10?;. The molecular weight excluding hydrogens is 1280 g/mol. The second kappa shape index (κ2) is 29.7. The molecule has 13 heterocycles. The van der Waals surface area contributed by atoms with Gasteiger partial charge in [-0.3, -0.25) is 9.80 Å². The normalized spacial score (nSPS) is 31.8. The molecule has 0 radical (unpaired) electrons. The first-order valence-electron chi connectivity index (χ1n) is 36.7. The fourth-order valence-corrected chi connectivity index (χ4v) is 17.5. The second-order valence-corrected chi connectivity index (χ2v) is 33.9. The van der Waals surface area contributed by atoms with E-state index in [2.05, 4.69) is 46.6 Å². The van der Waals surface area contributed by atoms with Crippen molar-refractivity contribution >= 4 is 41.5 Å². The third kappa shape index (κ3) is 18.1. The quantitative estimate of drug-likeness (QED) is 0.131. The summed E-state index contributed by atoms with van der Waals surface area (Å²) in [6, 6.07) is 3.68. The van der Waals surface area contributed by atoms with Crippen LogP contribution in [0.3, 0.4) is 0 Å². The number of aromatic nitrogens is 6. The molecule has 10 aliphatic heterocycles. The Bertz CT molecular complexity index is 3000. The Morgan fingerprint density at radius 1 is 0.381 bits per heavy atom. The van der Waals surface area contributed by atoms with Gasteiger partial charge in [0.25, 0.3) is 0 Å². The molecule has 12 aliphatic rings. The molecule has 12 fully saturated rings. The average Bonchev–Trinajstić information content (AvgIpc) is 1.70. The summed E-state index contributed by atoms with van der Waals surface area (Å²) in [5.74, 6) is 4.51. The number of carbonyl (C=O) groups is 3. The van der Waals surface area contributed by atoms with Crippen LogP contribution in [0, 0.1) is 32.6 Å². The Morgan fingerprint density at radius 2 is 0.619 bits per heavy atom. The number of amides is 3. The van der Waals surface area contributed by atoms with Gasteiger partial charge in [-0.15, -0.1) is 0 Å². The van der Waals surface area contributed by atoms with Gasteiger partial charge < -0.3 is 53.0 Å². The Balaban J connectivity index is 0.000000138. The highest BCUT2D eigenvalue weighted by Crippen LogP contribution is 2.46. The Hall–Kier alpha value is -5.29. The molecule has 3 aromatic heterocycles. The van der Waals surface area contributed by atoms with Gasteiger partial charge in [-0.25, -0.2) is 44.3 Å². The highest BCUT2D eigenvalue weighted by atomic mass is 35.5. The monoisotopic (exact) mass is 1390 g/mol. The molecule has 3 amide bonds. The van der Waals surface area contributed by atoms with Crippen molar-refractivity contribution < 1.29 is 52.6 Å². The van der Waals surface area contributed by atoms with Crippen molar-refractivity contribution in [1.29, 1.82) is 0 Å². The zero-order chi connectivity index (χ0) is 68.8. The highest BCUT2D eigenvalue weighted by molar-refractivity contribution is 6.34. The van der Waals surface area contributed by atoms with Crippen molar-refractivity contribution in [2.75, 3.05) is 13.1 Å². The van der Waals surface area contributed by atoms with Gasteiger partial charge in [0, 0.05) is 105 Å². The molecule has 7 unspecified atom stereocenters. The number of aliphatic hydroxyl groups is 1. The van der Waals surface area contributed by atoms with E-state index in [-0.39, 0.29) is 85.1 Å². The van der Waals surface area contributed by atoms with Gasteiger partial charge >= 0.3 is 18.3 Å². The van der Waals surface area contributed by atoms with Gasteiger partial charge in [0.1, 0.15) is 70.5 Å². The van der Waals surface area contributed by atoms with Crippen molar-refractivity contribution in [3.05, 3.63) is 46.0 Å². The molecule has 0 aromatic carbocycles. The molecule has 10 saturated heterocycles. The maximum Gasteiger partial charge on any atom is 0.410 e. The van der Waals surface area contributed by atoms with E-state index in [9.17, 15) is 19.5 Å². The number of rotatable bonds is 12. The number of piperidine rings is 5. The van der Waals surface area contributed by atoms with Crippen LogP contribution in [0.2, 0.25) is 10.3 Å². The summed E-state index contributed by atoms with van der Waals surface area (Å²) in [6.07, 6.45) is 30.1. The summed E-state index contributed by atoms with van der Waals surface area (Å²) in [4.78, 5) is 74.2. The second-order valence-electron chi connectivity index (χ2n) is 33.1. The van der Waals surface area contributed by atoms with Crippen LogP contribution in [-0.4, -0.2) is 199 Å². The molecule has 0 spiro atoms. The lowest BCUT2D eigenvalue weighted by molar-refractivity contribution is -0.0118. The first kappa shape index (κ1) is 71.5. The van der Waals surface area contributed by atoms with Crippen molar-refractivity contribution in [3.63, 3.8) is 0 Å². The van der Waals surface area contributed by atoms with E-state index in [1.54, 1.807) is 13.3 Å². The maximum absolute atomic E-state index is 12.8. The third-order valence-corrected chi connectivity index (χ3v) is 22.7. The molecule has 3 aromatic rings. The van der Waals surface area contributed by atoms with Gasteiger partial charge in [0.2, 0.25) is 23.5 Å². The van der Waals surface area contributed by atoms with Gasteiger partial charge in [0.05, 0.1) is 17.2 Å². The molecule has 536 valence electrons. The summed E-state index contributed by atoms with van der Waals surface area (Å²) >= 11 is 11.2. The minimum atomic E-state index is -0.510. The Morgan fingerprint density at radius 3 is 0.866 bits per heavy atom. The molecule has 22 nitrogen and oxygen atoms in total. The van der Waals surface area contributed by atoms with Crippen LogP contribution >= 0.6 is 23.2 Å². The molecule has 2 saturated carbocycles. The lowest BCUT2D eigenvalue weighted by Gasteiger charge is -2.39. The van der Waals surface area contributed by atoms with Crippen molar-refractivity contribution in [2.45, 2.75) is 345 Å². The number of aliphatic hydroxyl groups excluding tert-OH is 1. The van der Waals surface area contributed by atoms with Gasteiger partial charge in [-0.2, -0.15) is 0 Å². The van der Waals surface area contributed by atoms with Crippen LogP contribution in [0.1, 0.15) is 233 Å². The molecule has 2 aliphatic carbocycles. The largest absolute Gasteiger partial charge is 0.474 e. The van der Waals surface area contributed by atoms with Crippen LogP contribution in [-0.2, 0) is 14.2 Å². The first-order valence-corrected chi connectivity index (χ1v) is 37.5. The third-order valence-electron chi connectivity index (χ3n) is 22.0. The topological polar surface area (TPSA) is 230 Å². The van der Waals surface area contributed by atoms with Crippen molar-refractivity contribution in [1.82, 2.24) is 54.4 Å². The van der Waals surface area contributed by atoms with Gasteiger partial charge in [-0.05, 0) is 223 Å². The summed E-state index contributed by atoms with van der Waals surface area (Å²) in [5.41, 5.74) is 1.03. The van der Waals surface area contributed by atoms with E-state index in [1.807, 2.05) is 83.9 Å². The zero-order valence-corrected chi connectivity index (χ0v) is 61.1. The van der Waals surface area contributed by atoms with Crippen LogP contribution in [0.15, 0.2) is 19.0 Å². The van der Waals surface area contributed by atoms with Crippen molar-refractivity contribution in [3.8, 4) is 23.5 Å². The fourth-order valence-electron chi connectivity index (χ4n) is 17.2. The van der Waals surface area contributed by atoms with E-state index in [0.29, 0.717) is 59.1 Å². The molecule has 13 atom stereocenters. The minimum Gasteiger partial charge on any atom is -0.474 e. The molecule has 1 N–H and O–H groups in total. The molecule has 10 bridgehead atoms. The van der Waals surface area contributed by atoms with Gasteiger partial charge in [-0.1, -0.05) is 23.2 Å². The lowest BCUT2D eigenvalue weighted by atomic mass is 9.99. The molecule has 24 heteroatoms. The maximum atomic E-state index is 12.8. The predicted octanol–water partition coefficient (Wildman–Crippen LogP) is 13.8. The number of carbonyl (C=O) groups excluding carboxylic acids is 3. The Labute approximate surface area is 585 Å². The van der Waals surface area contributed by atoms with E-state index in [4.69, 9.17) is 56.4 Å². The first-order chi connectivity index (χ1) is 46.0. The number of hydrogen-bond donors (Lipinski definition) is 1. The molecular formula is C73H109Cl2N11O11. The zero-order valence-electron chi connectivity index (χ0n) is 59.6. The number of fused-ring (bicyclic) bond motifs is 10. The summed E-state index contributed by atoms with van der Waals surface area (Å²) in [6.45, 7) is 25.5. The lowest BCUT2D eigenvalue weighted by Crippen LogP contribution is -2.51.